The van der Waals surface area contributed by atoms with Crippen LogP contribution in [0, 0.1) is 6.92 Å². The molecular weight excluding hydrogens is 312 g/mol. The highest BCUT2D eigenvalue weighted by molar-refractivity contribution is 9.10. The molecule has 2 rings (SSSR count). The van der Waals surface area contributed by atoms with Crippen molar-refractivity contribution in [3.8, 4) is 0 Å². The van der Waals surface area contributed by atoms with E-state index in [1.165, 1.54) is 0 Å². The van der Waals surface area contributed by atoms with Crippen molar-refractivity contribution in [1.82, 2.24) is 0 Å². The average molecular weight is 326 g/mol. The maximum Gasteiger partial charge on any atom is 0.113 e. The van der Waals surface area contributed by atoms with Crippen LogP contribution in [0.3, 0.4) is 0 Å². The first-order valence-electron chi connectivity index (χ1n) is 5.66. The number of rotatable bonds is 2. The van der Waals surface area contributed by atoms with Gasteiger partial charge < -0.3 is 5.11 Å². The van der Waals surface area contributed by atoms with E-state index >= 15 is 0 Å². The summed E-state index contributed by atoms with van der Waals surface area (Å²) in [6, 6.07) is 13.3. The summed E-state index contributed by atoms with van der Waals surface area (Å²) in [5.41, 5.74) is 1.61. The molecular formula is C15H14BrClO. The van der Waals surface area contributed by atoms with Crippen molar-refractivity contribution >= 4 is 27.5 Å². The van der Waals surface area contributed by atoms with Crippen molar-refractivity contribution in [3.05, 3.63) is 68.7 Å². The van der Waals surface area contributed by atoms with Gasteiger partial charge in [-0.05, 0) is 31.5 Å². The van der Waals surface area contributed by atoms with E-state index in [1.807, 2.05) is 43.3 Å². The van der Waals surface area contributed by atoms with Crippen LogP contribution in [0.15, 0.2) is 46.9 Å². The molecule has 94 valence electrons. The molecule has 1 nitrogen and oxygen atoms in total. The van der Waals surface area contributed by atoms with E-state index in [0.29, 0.717) is 10.6 Å². The van der Waals surface area contributed by atoms with E-state index in [9.17, 15) is 5.11 Å². The molecule has 0 saturated carbocycles. The summed E-state index contributed by atoms with van der Waals surface area (Å²) in [4.78, 5) is 0. The van der Waals surface area contributed by atoms with Gasteiger partial charge in [0.2, 0.25) is 0 Å². The Morgan fingerprint density at radius 1 is 1.11 bits per heavy atom. The Balaban J connectivity index is 2.50. The second kappa shape index (κ2) is 5.04. The van der Waals surface area contributed by atoms with Crippen LogP contribution in [0.4, 0.5) is 0 Å². The molecule has 0 spiro atoms. The molecule has 2 aromatic rings. The minimum absolute atomic E-state index is 0.551. The molecule has 1 atom stereocenters. The number of hydrogen-bond donors (Lipinski definition) is 1. The highest BCUT2D eigenvalue weighted by Crippen LogP contribution is 2.35. The monoisotopic (exact) mass is 324 g/mol. The summed E-state index contributed by atoms with van der Waals surface area (Å²) in [7, 11) is 0. The Morgan fingerprint density at radius 3 is 2.28 bits per heavy atom. The first-order chi connectivity index (χ1) is 8.41. The van der Waals surface area contributed by atoms with Gasteiger partial charge in [0, 0.05) is 15.1 Å². The van der Waals surface area contributed by atoms with Crippen LogP contribution in [0.5, 0.6) is 0 Å². The zero-order valence-electron chi connectivity index (χ0n) is 10.2. The second-order valence-corrected chi connectivity index (χ2v) is 5.89. The molecule has 1 N–H and O–H groups in total. The molecule has 0 aromatic heterocycles. The summed E-state index contributed by atoms with van der Waals surface area (Å²) in [6.45, 7) is 3.78. The Bertz CT molecular complexity index is 561. The van der Waals surface area contributed by atoms with Crippen LogP contribution in [0.1, 0.15) is 23.6 Å². The molecule has 3 heteroatoms. The topological polar surface area (TPSA) is 20.2 Å². The van der Waals surface area contributed by atoms with Crippen molar-refractivity contribution in [2.75, 3.05) is 0 Å². The Morgan fingerprint density at radius 2 is 1.72 bits per heavy atom. The molecule has 1 unspecified atom stereocenters. The van der Waals surface area contributed by atoms with Crippen LogP contribution >= 0.6 is 27.5 Å². The van der Waals surface area contributed by atoms with Gasteiger partial charge in [-0.3, -0.25) is 0 Å². The summed E-state index contributed by atoms with van der Waals surface area (Å²) < 4.78 is 0.899. The molecule has 2 aromatic carbocycles. The largest absolute Gasteiger partial charge is 0.381 e. The van der Waals surface area contributed by atoms with Gasteiger partial charge in [0.25, 0.3) is 0 Å². The van der Waals surface area contributed by atoms with E-state index < -0.39 is 5.60 Å². The number of hydrogen-bond acceptors (Lipinski definition) is 1. The van der Waals surface area contributed by atoms with Crippen LogP contribution in [-0.4, -0.2) is 5.11 Å². The zero-order valence-corrected chi connectivity index (χ0v) is 12.6. The molecule has 0 aliphatic carbocycles. The van der Waals surface area contributed by atoms with Gasteiger partial charge in [-0.2, -0.15) is 0 Å². The van der Waals surface area contributed by atoms with Crippen molar-refractivity contribution < 1.29 is 5.11 Å². The molecule has 0 fully saturated rings. The van der Waals surface area contributed by atoms with Crippen LogP contribution < -0.4 is 0 Å². The van der Waals surface area contributed by atoms with E-state index in [0.717, 1.165) is 15.6 Å². The minimum atomic E-state index is -1.09. The highest BCUT2D eigenvalue weighted by atomic mass is 79.9. The molecule has 0 bridgehead atoms. The van der Waals surface area contributed by atoms with Gasteiger partial charge in [-0.15, -0.1) is 0 Å². The maximum absolute atomic E-state index is 10.7. The molecule has 0 radical (unpaired) electrons. The summed E-state index contributed by atoms with van der Waals surface area (Å²) >= 11 is 9.57. The van der Waals surface area contributed by atoms with E-state index in [-0.39, 0.29) is 0 Å². The number of aliphatic hydroxyl groups is 1. The molecule has 0 saturated heterocycles. The number of benzene rings is 2. The van der Waals surface area contributed by atoms with Gasteiger partial charge in [0.1, 0.15) is 5.60 Å². The lowest BCUT2D eigenvalue weighted by molar-refractivity contribution is 0.102. The third-order valence-electron chi connectivity index (χ3n) is 3.07. The van der Waals surface area contributed by atoms with Crippen LogP contribution in [-0.2, 0) is 5.60 Å². The fourth-order valence-electron chi connectivity index (χ4n) is 1.92. The predicted octanol–water partition coefficient (Wildman–Crippen LogP) is 4.67. The van der Waals surface area contributed by atoms with Crippen molar-refractivity contribution in [2.45, 2.75) is 19.4 Å². The molecule has 0 aliphatic rings. The van der Waals surface area contributed by atoms with Gasteiger partial charge in [0.05, 0.1) is 0 Å². The van der Waals surface area contributed by atoms with Crippen LogP contribution in [0.2, 0.25) is 5.02 Å². The van der Waals surface area contributed by atoms with Crippen LogP contribution in [0.25, 0.3) is 0 Å². The fourth-order valence-corrected chi connectivity index (χ4v) is 2.78. The second-order valence-electron chi connectivity index (χ2n) is 4.56. The molecule has 0 aliphatic heterocycles. The lowest BCUT2D eigenvalue weighted by Gasteiger charge is -2.25. The smallest absolute Gasteiger partial charge is 0.113 e. The predicted molar refractivity (Wildman–Crippen MR) is 79.0 cm³/mol. The lowest BCUT2D eigenvalue weighted by Crippen LogP contribution is -2.23. The van der Waals surface area contributed by atoms with E-state index in [2.05, 4.69) is 15.9 Å². The van der Waals surface area contributed by atoms with Gasteiger partial charge in [0.15, 0.2) is 0 Å². The Kier molecular flexibility index (Phi) is 3.81. The van der Waals surface area contributed by atoms with Gasteiger partial charge in [-0.1, -0.05) is 63.4 Å². The molecule has 0 amide bonds. The zero-order chi connectivity index (χ0) is 13.3. The van der Waals surface area contributed by atoms with E-state index in [1.54, 1.807) is 13.0 Å². The summed E-state index contributed by atoms with van der Waals surface area (Å²) in [5, 5.41) is 11.3. The summed E-state index contributed by atoms with van der Waals surface area (Å²) in [5.74, 6) is 0. The van der Waals surface area contributed by atoms with Gasteiger partial charge in [-0.25, -0.2) is 0 Å². The number of halogens is 2. The third kappa shape index (κ3) is 2.61. The van der Waals surface area contributed by atoms with Crippen molar-refractivity contribution in [3.63, 3.8) is 0 Å². The number of aryl methyl sites for hydroxylation is 1. The standard InChI is InChI=1S/C15H14BrClO/c1-10-3-5-11(6-4-10)15(2,18)13-8-7-12(16)9-14(13)17/h3-9,18H,1-2H3. The average Bonchev–Trinajstić information content (AvgIpc) is 2.29. The summed E-state index contributed by atoms with van der Waals surface area (Å²) in [6.07, 6.45) is 0. The minimum Gasteiger partial charge on any atom is -0.381 e. The fraction of sp³-hybridized carbons (Fsp3) is 0.200. The van der Waals surface area contributed by atoms with Crippen molar-refractivity contribution in [2.24, 2.45) is 0 Å². The lowest BCUT2D eigenvalue weighted by atomic mass is 9.88. The Hall–Kier alpha value is -0.830. The first kappa shape index (κ1) is 13.6. The molecule has 18 heavy (non-hydrogen) atoms. The third-order valence-corrected chi connectivity index (χ3v) is 3.88. The SMILES string of the molecule is Cc1ccc(C(C)(O)c2ccc(Br)cc2Cl)cc1. The van der Waals surface area contributed by atoms with Crippen molar-refractivity contribution in [1.29, 1.82) is 0 Å². The first-order valence-corrected chi connectivity index (χ1v) is 6.83. The van der Waals surface area contributed by atoms with Gasteiger partial charge >= 0.3 is 0 Å². The maximum atomic E-state index is 10.7. The van der Waals surface area contributed by atoms with E-state index in [4.69, 9.17) is 11.6 Å². The molecule has 0 heterocycles. The highest BCUT2D eigenvalue weighted by Gasteiger charge is 2.27. The quantitative estimate of drug-likeness (QED) is 0.851. The normalized spacial score (nSPS) is 14.3. The Labute approximate surface area is 121 Å².